The zero-order valence-electron chi connectivity index (χ0n) is 8.51. The maximum atomic E-state index is 11.2. The van der Waals surface area contributed by atoms with Gasteiger partial charge in [-0.3, -0.25) is 4.79 Å². The van der Waals surface area contributed by atoms with Gasteiger partial charge in [-0.25, -0.2) is 0 Å². The first-order valence-corrected chi connectivity index (χ1v) is 4.70. The highest BCUT2D eigenvalue weighted by Crippen LogP contribution is 2.22. The van der Waals surface area contributed by atoms with E-state index in [0.717, 1.165) is 0 Å². The third-order valence-electron chi connectivity index (χ3n) is 2.17. The molecule has 0 aromatic carbocycles. The van der Waals surface area contributed by atoms with E-state index in [2.05, 4.69) is 0 Å². The van der Waals surface area contributed by atoms with Gasteiger partial charge in [0.2, 0.25) is 0 Å². The molecular weight excluding hydrogens is 198 g/mol. The number of hydrogen-bond acceptors (Lipinski definition) is 5. The molecule has 0 aromatic heterocycles. The van der Waals surface area contributed by atoms with Gasteiger partial charge in [0, 0.05) is 0 Å². The highest BCUT2D eigenvalue weighted by atomic mass is 16.5. The lowest BCUT2D eigenvalue weighted by Gasteiger charge is -2.30. The summed E-state index contributed by atoms with van der Waals surface area (Å²) in [5.41, 5.74) is 4.50. The molecule has 84 valence electrons. The van der Waals surface area contributed by atoms with Crippen LogP contribution in [0.3, 0.4) is 0 Å². The second kappa shape index (κ2) is 4.46. The molecule has 0 aliphatic heterocycles. The number of allylic oxidation sites excluding steroid dienone is 1. The molecule has 0 bridgehead atoms. The third-order valence-corrected chi connectivity index (χ3v) is 2.17. The topological polar surface area (TPSA) is 92.8 Å². The van der Waals surface area contributed by atoms with E-state index in [1.807, 2.05) is 0 Å². The second-order valence-electron chi connectivity index (χ2n) is 3.47. The van der Waals surface area contributed by atoms with Gasteiger partial charge < -0.3 is 20.7 Å². The minimum absolute atomic E-state index is 0.0629. The van der Waals surface area contributed by atoms with Gasteiger partial charge in [0.25, 0.3) is 0 Å². The number of hydrogen-bond donors (Lipinski definition) is 3. The average molecular weight is 213 g/mol. The van der Waals surface area contributed by atoms with E-state index in [0.29, 0.717) is 0 Å². The molecule has 0 amide bonds. The molecular formula is C10H15NO4. The highest BCUT2D eigenvalue weighted by Gasteiger charge is 2.35. The van der Waals surface area contributed by atoms with Gasteiger partial charge in [-0.15, -0.1) is 0 Å². The SMILES string of the molecule is CCOC(=O)CC1(N)C=C(O)C=CC1O. The van der Waals surface area contributed by atoms with Crippen molar-refractivity contribution in [3.63, 3.8) is 0 Å². The van der Waals surface area contributed by atoms with Gasteiger partial charge in [0.05, 0.1) is 24.7 Å². The molecule has 5 nitrogen and oxygen atoms in total. The van der Waals surface area contributed by atoms with E-state index in [9.17, 15) is 15.0 Å². The molecule has 2 unspecified atom stereocenters. The summed E-state index contributed by atoms with van der Waals surface area (Å²) in [6, 6.07) is 0. The van der Waals surface area contributed by atoms with Crippen LogP contribution in [-0.4, -0.2) is 34.4 Å². The van der Waals surface area contributed by atoms with Crippen LogP contribution in [0.15, 0.2) is 24.0 Å². The van der Waals surface area contributed by atoms with Crippen LogP contribution in [0.25, 0.3) is 0 Å². The van der Waals surface area contributed by atoms with Gasteiger partial charge >= 0.3 is 5.97 Å². The Morgan fingerprint density at radius 3 is 3.00 bits per heavy atom. The largest absolute Gasteiger partial charge is 0.508 e. The number of carbonyl (C=O) groups is 1. The van der Waals surface area contributed by atoms with Crippen LogP contribution in [0, 0.1) is 0 Å². The lowest BCUT2D eigenvalue weighted by atomic mass is 9.86. The Hall–Kier alpha value is -1.33. The van der Waals surface area contributed by atoms with Crippen LogP contribution in [0.4, 0.5) is 0 Å². The zero-order valence-corrected chi connectivity index (χ0v) is 8.51. The molecule has 1 aliphatic carbocycles. The molecule has 1 rings (SSSR count). The Labute approximate surface area is 87.8 Å². The summed E-state index contributed by atoms with van der Waals surface area (Å²) in [7, 11) is 0. The minimum atomic E-state index is -1.29. The molecule has 0 aromatic rings. The second-order valence-corrected chi connectivity index (χ2v) is 3.47. The van der Waals surface area contributed by atoms with Crippen molar-refractivity contribution in [3.8, 4) is 0 Å². The van der Waals surface area contributed by atoms with Crippen LogP contribution < -0.4 is 5.73 Å². The molecule has 2 atom stereocenters. The van der Waals surface area contributed by atoms with Crippen molar-refractivity contribution >= 4 is 5.97 Å². The summed E-state index contributed by atoms with van der Waals surface area (Å²) in [4.78, 5) is 11.2. The lowest BCUT2D eigenvalue weighted by Crippen LogP contribution is -2.51. The fourth-order valence-corrected chi connectivity index (χ4v) is 1.40. The Morgan fingerprint density at radius 2 is 2.40 bits per heavy atom. The minimum Gasteiger partial charge on any atom is -0.508 e. The maximum absolute atomic E-state index is 11.2. The van der Waals surface area contributed by atoms with Gasteiger partial charge in [-0.05, 0) is 19.1 Å². The fraction of sp³-hybridized carbons (Fsp3) is 0.500. The van der Waals surface area contributed by atoms with Crippen molar-refractivity contribution in [3.05, 3.63) is 24.0 Å². The smallest absolute Gasteiger partial charge is 0.308 e. The summed E-state index contributed by atoms with van der Waals surface area (Å²) >= 11 is 0. The number of nitrogens with two attached hydrogens (primary N) is 1. The predicted octanol–water partition coefficient (Wildman–Crippen LogP) is 0.00970. The molecule has 4 N–H and O–H groups in total. The van der Waals surface area contributed by atoms with Crippen LogP contribution in [0.1, 0.15) is 13.3 Å². The number of ether oxygens (including phenoxy) is 1. The lowest BCUT2D eigenvalue weighted by molar-refractivity contribution is -0.144. The van der Waals surface area contributed by atoms with Gasteiger partial charge in [0.1, 0.15) is 5.76 Å². The predicted molar refractivity (Wildman–Crippen MR) is 54.0 cm³/mol. The summed E-state index contributed by atoms with van der Waals surface area (Å²) in [5.74, 6) is -0.564. The van der Waals surface area contributed by atoms with E-state index in [1.165, 1.54) is 18.2 Å². The molecule has 0 radical (unpaired) electrons. The van der Waals surface area contributed by atoms with Crippen molar-refractivity contribution in [1.82, 2.24) is 0 Å². The number of esters is 1. The number of aliphatic hydroxyl groups is 2. The van der Waals surface area contributed by atoms with Crippen molar-refractivity contribution in [2.45, 2.75) is 25.0 Å². The molecule has 15 heavy (non-hydrogen) atoms. The normalized spacial score (nSPS) is 29.8. The summed E-state index contributed by atoms with van der Waals surface area (Å²) in [6.07, 6.45) is 2.76. The van der Waals surface area contributed by atoms with Crippen LogP contribution >= 0.6 is 0 Å². The third kappa shape index (κ3) is 2.81. The number of carbonyl (C=O) groups excluding carboxylic acids is 1. The molecule has 0 saturated carbocycles. The summed E-state index contributed by atoms with van der Waals surface area (Å²) < 4.78 is 4.73. The molecule has 0 spiro atoms. The number of aliphatic hydroxyl groups excluding tert-OH is 2. The Bertz CT molecular complexity index is 311. The first kappa shape index (κ1) is 11.7. The monoisotopic (exact) mass is 213 g/mol. The Balaban J connectivity index is 2.73. The van der Waals surface area contributed by atoms with Crippen LogP contribution in [0.2, 0.25) is 0 Å². The van der Waals surface area contributed by atoms with E-state index < -0.39 is 17.6 Å². The van der Waals surface area contributed by atoms with E-state index in [4.69, 9.17) is 10.5 Å². The van der Waals surface area contributed by atoms with Crippen molar-refractivity contribution in [2.24, 2.45) is 5.73 Å². The molecule has 5 heteroatoms. The van der Waals surface area contributed by atoms with Gasteiger partial charge in [0.15, 0.2) is 0 Å². The van der Waals surface area contributed by atoms with E-state index in [-0.39, 0.29) is 18.8 Å². The van der Waals surface area contributed by atoms with Crippen LogP contribution in [-0.2, 0) is 9.53 Å². The fourth-order valence-electron chi connectivity index (χ4n) is 1.40. The van der Waals surface area contributed by atoms with Crippen LogP contribution in [0.5, 0.6) is 0 Å². The quantitative estimate of drug-likeness (QED) is 0.574. The molecule has 0 heterocycles. The van der Waals surface area contributed by atoms with Crippen molar-refractivity contribution < 1.29 is 19.7 Å². The standard InChI is InChI=1S/C10H15NO4/c1-2-15-9(14)6-10(11)5-7(12)3-4-8(10)13/h3-5,8,12-13H,2,6,11H2,1H3. The first-order valence-electron chi connectivity index (χ1n) is 4.70. The zero-order chi connectivity index (χ0) is 11.5. The average Bonchev–Trinajstić information content (AvgIpc) is 2.12. The summed E-state index contributed by atoms with van der Waals surface area (Å²) in [6.45, 7) is 1.95. The first-order chi connectivity index (χ1) is 6.98. The van der Waals surface area contributed by atoms with E-state index >= 15 is 0 Å². The molecule has 0 saturated heterocycles. The summed E-state index contributed by atoms with van der Waals surface area (Å²) in [5, 5.41) is 18.8. The maximum Gasteiger partial charge on any atom is 0.308 e. The molecule has 0 fully saturated rings. The molecule has 1 aliphatic rings. The van der Waals surface area contributed by atoms with Crippen molar-refractivity contribution in [2.75, 3.05) is 6.61 Å². The van der Waals surface area contributed by atoms with E-state index in [1.54, 1.807) is 6.92 Å². The highest BCUT2D eigenvalue weighted by molar-refractivity contribution is 5.72. The number of rotatable bonds is 3. The Kier molecular flexibility index (Phi) is 3.49. The van der Waals surface area contributed by atoms with Gasteiger partial charge in [-0.2, -0.15) is 0 Å². The van der Waals surface area contributed by atoms with Gasteiger partial charge in [-0.1, -0.05) is 6.08 Å². The van der Waals surface area contributed by atoms with Crippen molar-refractivity contribution in [1.29, 1.82) is 0 Å². The Morgan fingerprint density at radius 1 is 1.73 bits per heavy atom.